The number of nitrogens with zero attached hydrogens (tertiary/aromatic N) is 3. The van der Waals surface area contributed by atoms with E-state index in [0.717, 1.165) is 39.2 Å². The van der Waals surface area contributed by atoms with Gasteiger partial charge in [-0.3, -0.25) is 0 Å². The number of rotatable bonds is 7. The van der Waals surface area contributed by atoms with Gasteiger partial charge in [-0.15, -0.1) is 0 Å². The minimum Gasteiger partial charge on any atom is -0.383 e. The first-order valence-corrected chi connectivity index (χ1v) is 8.32. The fourth-order valence-corrected chi connectivity index (χ4v) is 2.98. The number of aryl methyl sites for hydroxylation is 2. The molecule has 2 rings (SSSR count). The summed E-state index contributed by atoms with van der Waals surface area (Å²) < 4.78 is 11.6. The summed E-state index contributed by atoms with van der Waals surface area (Å²) in [6.45, 7) is 6.89. The first-order chi connectivity index (χ1) is 10.6. The molecule has 1 heterocycles. The van der Waals surface area contributed by atoms with E-state index in [-0.39, 0.29) is 0 Å². The van der Waals surface area contributed by atoms with Gasteiger partial charge in [0.05, 0.1) is 18.7 Å². The van der Waals surface area contributed by atoms with Crippen molar-refractivity contribution in [1.29, 1.82) is 0 Å². The van der Waals surface area contributed by atoms with Crippen molar-refractivity contribution in [2.75, 3.05) is 45.4 Å². The molecule has 0 N–H and O–H groups in total. The highest BCUT2D eigenvalue weighted by molar-refractivity contribution is 14.1. The van der Waals surface area contributed by atoms with E-state index in [1.165, 1.54) is 5.56 Å². The van der Waals surface area contributed by atoms with E-state index in [2.05, 4.69) is 51.5 Å². The van der Waals surface area contributed by atoms with Crippen LogP contribution >= 0.6 is 22.6 Å². The second-order valence-electron chi connectivity index (χ2n) is 5.15. The van der Waals surface area contributed by atoms with Gasteiger partial charge in [0.2, 0.25) is 0 Å². The lowest BCUT2D eigenvalue weighted by Crippen LogP contribution is -2.32. The third kappa shape index (κ3) is 3.85. The summed E-state index contributed by atoms with van der Waals surface area (Å²) in [4.78, 5) is 11.6. The summed E-state index contributed by atoms with van der Waals surface area (Å²) >= 11 is 2.33. The van der Waals surface area contributed by atoms with Crippen molar-refractivity contribution >= 4 is 39.3 Å². The number of fused-ring (bicyclic) bond motifs is 1. The number of halogens is 1. The molecule has 5 nitrogen and oxygen atoms in total. The molecule has 0 spiro atoms. The predicted molar refractivity (Wildman–Crippen MR) is 97.7 cm³/mol. The summed E-state index contributed by atoms with van der Waals surface area (Å²) in [5.41, 5.74) is 2.20. The first-order valence-electron chi connectivity index (χ1n) is 7.24. The Bertz CT molecular complexity index is 641. The van der Waals surface area contributed by atoms with Gasteiger partial charge in [0.1, 0.15) is 11.6 Å². The maximum Gasteiger partial charge on any atom is 0.140 e. The van der Waals surface area contributed by atoms with Crippen molar-refractivity contribution in [3.63, 3.8) is 0 Å². The summed E-state index contributed by atoms with van der Waals surface area (Å²) in [5.74, 6) is 1.75. The van der Waals surface area contributed by atoms with Crippen LogP contribution < -0.4 is 4.90 Å². The molecule has 0 atom stereocenters. The molecule has 1 aromatic heterocycles. The number of hydrogen-bond acceptors (Lipinski definition) is 5. The molecular formula is C16H22IN3O2. The van der Waals surface area contributed by atoms with Gasteiger partial charge in [-0.25, -0.2) is 9.97 Å². The van der Waals surface area contributed by atoms with E-state index in [1.54, 1.807) is 14.2 Å². The maximum atomic E-state index is 5.24. The van der Waals surface area contributed by atoms with Crippen LogP contribution in [0, 0.1) is 17.4 Å². The van der Waals surface area contributed by atoms with Crippen LogP contribution in [0.5, 0.6) is 0 Å². The normalized spacial score (nSPS) is 11.1. The number of hydrogen-bond donors (Lipinski definition) is 0. The molecular weight excluding hydrogens is 393 g/mol. The van der Waals surface area contributed by atoms with Gasteiger partial charge in [-0.2, -0.15) is 0 Å². The van der Waals surface area contributed by atoms with E-state index in [9.17, 15) is 0 Å². The lowest BCUT2D eigenvalue weighted by Gasteiger charge is -2.25. The zero-order valence-corrected chi connectivity index (χ0v) is 15.7. The molecule has 22 heavy (non-hydrogen) atoms. The number of aromatic nitrogens is 2. The third-order valence-corrected chi connectivity index (χ3v) is 4.40. The smallest absolute Gasteiger partial charge is 0.140 e. The molecule has 2 aromatic rings. The predicted octanol–water partition coefficient (Wildman–Crippen LogP) is 2.95. The van der Waals surface area contributed by atoms with Crippen LogP contribution in [0.25, 0.3) is 10.9 Å². The Balaban J connectivity index is 2.57. The molecule has 0 aliphatic heterocycles. The second-order valence-corrected chi connectivity index (χ2v) is 6.32. The van der Waals surface area contributed by atoms with Gasteiger partial charge in [0.25, 0.3) is 0 Å². The van der Waals surface area contributed by atoms with Crippen LogP contribution in [0.1, 0.15) is 11.4 Å². The second kappa shape index (κ2) is 8.03. The van der Waals surface area contributed by atoms with Crippen LogP contribution in [-0.4, -0.2) is 50.5 Å². The summed E-state index contributed by atoms with van der Waals surface area (Å²) in [7, 11) is 3.43. The molecule has 0 aliphatic rings. The van der Waals surface area contributed by atoms with Gasteiger partial charge >= 0.3 is 0 Å². The molecule has 1 aromatic carbocycles. The molecule has 6 heteroatoms. The molecule has 0 saturated heterocycles. The topological polar surface area (TPSA) is 47.5 Å². The van der Waals surface area contributed by atoms with E-state index in [1.807, 2.05) is 6.92 Å². The zero-order valence-electron chi connectivity index (χ0n) is 13.5. The fraction of sp³-hybridized carbons (Fsp3) is 0.500. The summed E-state index contributed by atoms with van der Waals surface area (Å²) in [6.07, 6.45) is 0. The highest BCUT2D eigenvalue weighted by Gasteiger charge is 2.16. The van der Waals surface area contributed by atoms with Gasteiger partial charge in [-0.1, -0.05) is 6.07 Å². The monoisotopic (exact) mass is 415 g/mol. The van der Waals surface area contributed by atoms with Gasteiger partial charge in [0.15, 0.2) is 0 Å². The van der Waals surface area contributed by atoms with Crippen LogP contribution in [0.3, 0.4) is 0 Å². The van der Waals surface area contributed by atoms with Crippen LogP contribution in [0.4, 0.5) is 5.82 Å². The molecule has 120 valence electrons. The molecule has 0 amide bonds. The highest BCUT2D eigenvalue weighted by Crippen LogP contribution is 2.30. The molecule has 0 unspecified atom stereocenters. The number of benzene rings is 1. The molecule has 0 fully saturated rings. The average molecular weight is 415 g/mol. The van der Waals surface area contributed by atoms with Crippen molar-refractivity contribution < 1.29 is 9.47 Å². The van der Waals surface area contributed by atoms with Crippen LogP contribution in [0.2, 0.25) is 0 Å². The maximum absolute atomic E-state index is 5.24. The Morgan fingerprint density at radius 1 is 1.05 bits per heavy atom. The Morgan fingerprint density at radius 2 is 1.68 bits per heavy atom. The van der Waals surface area contributed by atoms with E-state index in [0.29, 0.717) is 13.2 Å². The first kappa shape index (κ1) is 17.4. The number of methoxy groups -OCH3 is 2. The van der Waals surface area contributed by atoms with Crippen molar-refractivity contribution in [1.82, 2.24) is 9.97 Å². The molecule has 0 aliphatic carbocycles. The minimum atomic E-state index is 0.650. The molecule has 0 bridgehead atoms. The van der Waals surface area contributed by atoms with Crippen molar-refractivity contribution in [3.05, 3.63) is 27.1 Å². The minimum absolute atomic E-state index is 0.650. The fourth-order valence-electron chi connectivity index (χ4n) is 2.41. The van der Waals surface area contributed by atoms with E-state index < -0.39 is 0 Å². The lowest BCUT2D eigenvalue weighted by atomic mass is 10.1. The van der Waals surface area contributed by atoms with Gasteiger partial charge < -0.3 is 14.4 Å². The summed E-state index contributed by atoms with van der Waals surface area (Å²) in [5, 5.41) is 1.12. The van der Waals surface area contributed by atoms with Gasteiger partial charge in [0, 0.05) is 36.3 Å². The van der Waals surface area contributed by atoms with Crippen LogP contribution in [-0.2, 0) is 9.47 Å². The molecule has 0 saturated carbocycles. The van der Waals surface area contributed by atoms with Crippen molar-refractivity contribution in [2.24, 2.45) is 0 Å². The standard InChI is InChI=1S/C16H22IN3O2/c1-11-5-6-13(17)15-14(11)16(19-12(2)18-15)20(7-9-21-3)8-10-22-4/h5-6H,7-10H2,1-4H3. The third-order valence-electron chi connectivity index (χ3n) is 3.53. The van der Waals surface area contributed by atoms with Gasteiger partial charge in [-0.05, 0) is 48.1 Å². The van der Waals surface area contributed by atoms with Crippen LogP contribution in [0.15, 0.2) is 12.1 Å². The highest BCUT2D eigenvalue weighted by atomic mass is 127. The van der Waals surface area contributed by atoms with E-state index >= 15 is 0 Å². The largest absolute Gasteiger partial charge is 0.383 e. The SMILES string of the molecule is COCCN(CCOC)c1nc(C)nc2c(I)ccc(C)c12. The Labute approximate surface area is 145 Å². The molecule has 0 radical (unpaired) electrons. The van der Waals surface area contributed by atoms with Crippen molar-refractivity contribution in [2.45, 2.75) is 13.8 Å². The quantitative estimate of drug-likeness (QED) is 0.651. The Hall–Kier alpha value is -0.990. The Kier molecular flexibility index (Phi) is 6.34. The average Bonchev–Trinajstić information content (AvgIpc) is 2.50. The lowest BCUT2D eigenvalue weighted by molar-refractivity contribution is 0.190. The van der Waals surface area contributed by atoms with E-state index in [4.69, 9.17) is 14.5 Å². The Morgan fingerprint density at radius 3 is 2.27 bits per heavy atom. The number of ether oxygens (including phenoxy) is 2. The van der Waals surface area contributed by atoms with Crippen molar-refractivity contribution in [3.8, 4) is 0 Å². The zero-order chi connectivity index (χ0) is 16.1. The summed E-state index contributed by atoms with van der Waals surface area (Å²) in [6, 6.07) is 4.22. The number of anilines is 1.